The average molecular weight is 461 g/mol. The molecule has 0 spiro atoms. The standard InChI is InChI=1S/C22H24ClF3O3S/c1-3-5-18-13-21(2,14-20(29-18)15-8-10-17(23)11-9-15)30(27,28)19-7-4-6-16(12-19)22(24,25)26/h4,6-12,18,20H,3,5,13-14H2,1-2H3. The van der Waals surface area contributed by atoms with E-state index in [2.05, 4.69) is 0 Å². The number of hydrogen-bond donors (Lipinski definition) is 0. The minimum absolute atomic E-state index is 0.146. The summed E-state index contributed by atoms with van der Waals surface area (Å²) >= 11 is 5.96. The first kappa shape index (κ1) is 23.1. The van der Waals surface area contributed by atoms with E-state index in [1.165, 1.54) is 6.07 Å². The predicted molar refractivity (Wildman–Crippen MR) is 110 cm³/mol. The Balaban J connectivity index is 2.01. The van der Waals surface area contributed by atoms with Crippen LogP contribution in [0.4, 0.5) is 13.2 Å². The van der Waals surface area contributed by atoms with Crippen LogP contribution < -0.4 is 0 Å². The maximum absolute atomic E-state index is 13.5. The molecule has 1 fully saturated rings. The number of rotatable bonds is 5. The van der Waals surface area contributed by atoms with Gasteiger partial charge in [-0.1, -0.05) is 43.1 Å². The molecular weight excluding hydrogens is 437 g/mol. The van der Waals surface area contributed by atoms with Crippen molar-refractivity contribution in [1.29, 1.82) is 0 Å². The molecule has 3 rings (SSSR count). The Labute approximate surface area is 180 Å². The summed E-state index contributed by atoms with van der Waals surface area (Å²) < 4.78 is 71.4. The fraction of sp³-hybridized carbons (Fsp3) is 0.455. The van der Waals surface area contributed by atoms with Crippen molar-refractivity contribution >= 4 is 21.4 Å². The summed E-state index contributed by atoms with van der Waals surface area (Å²) in [5.74, 6) is 0. The van der Waals surface area contributed by atoms with Crippen molar-refractivity contribution < 1.29 is 26.3 Å². The van der Waals surface area contributed by atoms with Crippen LogP contribution in [0.2, 0.25) is 5.02 Å². The monoisotopic (exact) mass is 460 g/mol. The molecule has 1 saturated heterocycles. The SMILES string of the molecule is CCCC1CC(C)(S(=O)(=O)c2cccc(C(F)(F)F)c2)CC(c2ccc(Cl)cc2)O1. The van der Waals surface area contributed by atoms with E-state index in [1.807, 2.05) is 6.92 Å². The van der Waals surface area contributed by atoms with Gasteiger partial charge >= 0.3 is 6.18 Å². The lowest BCUT2D eigenvalue weighted by Gasteiger charge is -2.42. The summed E-state index contributed by atoms with van der Waals surface area (Å²) in [7, 11) is -4.05. The third-order valence-electron chi connectivity index (χ3n) is 5.61. The van der Waals surface area contributed by atoms with Gasteiger partial charge in [0, 0.05) is 5.02 Å². The number of ether oxygens (including phenoxy) is 1. The molecule has 0 aliphatic carbocycles. The van der Waals surface area contributed by atoms with E-state index >= 15 is 0 Å². The molecule has 164 valence electrons. The van der Waals surface area contributed by atoms with E-state index in [9.17, 15) is 21.6 Å². The number of benzene rings is 2. The summed E-state index contributed by atoms with van der Waals surface area (Å²) in [5.41, 5.74) is -0.177. The first-order chi connectivity index (χ1) is 14.0. The van der Waals surface area contributed by atoms with Gasteiger partial charge in [0.25, 0.3) is 0 Å². The van der Waals surface area contributed by atoms with Crippen LogP contribution in [-0.4, -0.2) is 19.3 Å². The summed E-state index contributed by atoms with van der Waals surface area (Å²) in [6.45, 7) is 3.59. The second-order valence-corrected chi connectivity index (χ2v) is 10.9. The van der Waals surface area contributed by atoms with Crippen molar-refractivity contribution in [2.75, 3.05) is 0 Å². The number of halogens is 4. The largest absolute Gasteiger partial charge is 0.416 e. The van der Waals surface area contributed by atoms with Crippen LogP contribution in [0.15, 0.2) is 53.4 Å². The lowest BCUT2D eigenvalue weighted by Crippen LogP contribution is -2.45. The zero-order valence-corrected chi connectivity index (χ0v) is 18.3. The summed E-state index contributed by atoms with van der Waals surface area (Å²) in [6.07, 6.45) is -3.57. The minimum atomic E-state index is -4.61. The van der Waals surface area contributed by atoms with Crippen LogP contribution in [0.3, 0.4) is 0 Å². The molecule has 0 bridgehead atoms. The van der Waals surface area contributed by atoms with Gasteiger partial charge in [-0.05, 0) is 62.1 Å². The highest BCUT2D eigenvalue weighted by molar-refractivity contribution is 7.92. The summed E-state index contributed by atoms with van der Waals surface area (Å²) in [5, 5.41) is 0.555. The third kappa shape index (κ3) is 4.68. The van der Waals surface area contributed by atoms with E-state index in [1.54, 1.807) is 31.2 Å². The first-order valence-corrected chi connectivity index (χ1v) is 11.7. The Morgan fingerprint density at radius 2 is 1.80 bits per heavy atom. The molecule has 0 amide bonds. The van der Waals surface area contributed by atoms with E-state index in [-0.39, 0.29) is 23.8 Å². The number of sulfone groups is 1. The van der Waals surface area contributed by atoms with Crippen molar-refractivity contribution in [2.45, 2.75) is 67.6 Å². The Hall–Kier alpha value is -1.57. The maximum Gasteiger partial charge on any atom is 0.416 e. The molecule has 0 aromatic heterocycles. The molecular formula is C22H24ClF3O3S. The zero-order chi connectivity index (χ0) is 22.2. The highest BCUT2D eigenvalue weighted by atomic mass is 35.5. The molecule has 1 heterocycles. The molecule has 1 aliphatic rings. The van der Waals surface area contributed by atoms with E-state index < -0.39 is 32.4 Å². The fourth-order valence-electron chi connectivity index (χ4n) is 4.00. The molecule has 2 aromatic rings. The van der Waals surface area contributed by atoms with Gasteiger partial charge in [0.2, 0.25) is 0 Å². The predicted octanol–water partition coefficient (Wildman–Crippen LogP) is 6.61. The Morgan fingerprint density at radius 1 is 1.13 bits per heavy atom. The van der Waals surface area contributed by atoms with Crippen molar-refractivity contribution in [3.8, 4) is 0 Å². The van der Waals surface area contributed by atoms with Gasteiger partial charge in [-0.25, -0.2) is 8.42 Å². The van der Waals surface area contributed by atoms with Crippen molar-refractivity contribution in [3.63, 3.8) is 0 Å². The number of hydrogen-bond acceptors (Lipinski definition) is 3. The maximum atomic E-state index is 13.5. The molecule has 3 nitrogen and oxygen atoms in total. The van der Waals surface area contributed by atoms with Gasteiger partial charge in [-0.3, -0.25) is 0 Å². The van der Waals surface area contributed by atoms with Crippen molar-refractivity contribution in [2.24, 2.45) is 0 Å². The Bertz CT molecular complexity index is 989. The van der Waals surface area contributed by atoms with E-state index in [0.717, 1.165) is 30.2 Å². The van der Waals surface area contributed by atoms with Crippen LogP contribution in [0.1, 0.15) is 56.8 Å². The fourth-order valence-corrected chi connectivity index (χ4v) is 6.01. The molecule has 0 saturated carbocycles. The summed E-state index contributed by atoms with van der Waals surface area (Å²) in [4.78, 5) is -0.313. The smallest absolute Gasteiger partial charge is 0.370 e. The van der Waals surface area contributed by atoms with Crippen molar-refractivity contribution in [3.05, 3.63) is 64.7 Å². The van der Waals surface area contributed by atoms with Gasteiger partial charge in [-0.15, -0.1) is 0 Å². The molecule has 30 heavy (non-hydrogen) atoms. The second-order valence-electron chi connectivity index (χ2n) is 7.97. The van der Waals surface area contributed by atoms with Gasteiger partial charge < -0.3 is 4.74 Å². The van der Waals surface area contributed by atoms with Gasteiger partial charge in [0.1, 0.15) is 0 Å². The molecule has 3 unspecified atom stereocenters. The molecule has 3 atom stereocenters. The van der Waals surface area contributed by atoms with Gasteiger partial charge in [-0.2, -0.15) is 13.2 Å². The van der Waals surface area contributed by atoms with Crippen LogP contribution in [0.5, 0.6) is 0 Å². The molecule has 0 radical (unpaired) electrons. The highest BCUT2D eigenvalue weighted by Gasteiger charge is 2.48. The lowest BCUT2D eigenvalue weighted by atomic mass is 9.88. The topological polar surface area (TPSA) is 43.4 Å². The molecule has 1 aliphatic heterocycles. The lowest BCUT2D eigenvalue weighted by molar-refractivity contribution is -0.137. The van der Waals surface area contributed by atoms with Crippen LogP contribution in [-0.2, 0) is 20.8 Å². The molecule has 2 aromatic carbocycles. The van der Waals surface area contributed by atoms with E-state index in [0.29, 0.717) is 11.4 Å². The average Bonchev–Trinajstić information content (AvgIpc) is 2.68. The number of alkyl halides is 3. The quantitative estimate of drug-likeness (QED) is 0.504. The van der Waals surface area contributed by atoms with Crippen LogP contribution in [0.25, 0.3) is 0 Å². The summed E-state index contributed by atoms with van der Waals surface area (Å²) in [6, 6.07) is 11.0. The Kier molecular flexibility index (Phi) is 6.56. The van der Waals surface area contributed by atoms with Crippen LogP contribution >= 0.6 is 11.6 Å². The van der Waals surface area contributed by atoms with Crippen molar-refractivity contribution in [1.82, 2.24) is 0 Å². The zero-order valence-electron chi connectivity index (χ0n) is 16.7. The van der Waals surface area contributed by atoms with Crippen LogP contribution in [0, 0.1) is 0 Å². The van der Waals surface area contributed by atoms with Gasteiger partial charge in [0.05, 0.1) is 27.4 Å². The highest BCUT2D eigenvalue weighted by Crippen LogP contribution is 2.45. The normalized spacial score (nSPS) is 25.3. The minimum Gasteiger partial charge on any atom is -0.370 e. The molecule has 0 N–H and O–H groups in total. The molecule has 8 heteroatoms. The van der Waals surface area contributed by atoms with E-state index in [4.69, 9.17) is 16.3 Å². The Morgan fingerprint density at radius 3 is 2.40 bits per heavy atom. The van der Waals surface area contributed by atoms with Gasteiger partial charge in [0.15, 0.2) is 9.84 Å². The third-order valence-corrected chi connectivity index (χ3v) is 8.36. The second kappa shape index (κ2) is 8.52. The first-order valence-electron chi connectivity index (χ1n) is 9.79.